The second kappa shape index (κ2) is 9.00. The van der Waals surface area contributed by atoms with Crippen LogP contribution in [0.3, 0.4) is 0 Å². The van der Waals surface area contributed by atoms with Gasteiger partial charge in [-0.3, -0.25) is 9.89 Å². The molecule has 10 heteroatoms. The van der Waals surface area contributed by atoms with Gasteiger partial charge in [0, 0.05) is 60.7 Å². The van der Waals surface area contributed by atoms with E-state index in [1.54, 1.807) is 23.2 Å². The number of hydrogen-bond acceptors (Lipinski definition) is 6. The Balaban J connectivity index is 1.54. The van der Waals surface area contributed by atoms with Gasteiger partial charge in [-0.1, -0.05) is 23.7 Å². The summed E-state index contributed by atoms with van der Waals surface area (Å²) in [4.78, 5) is 24.7. The standard InChI is InChI=1S/C24H23ClFN7O/c1-14-4-5-18-16(12-30-31-18)20(14)21-17(25)11-15-23(22(21)26)28-13-29-24(15)33-9-7-32(8-10-33)19(34)3-2-6-27/h2-5,11-13H,6-10,27H2,1H3,(H,30,31)/b3-2+. The first-order valence-corrected chi connectivity index (χ1v) is 11.3. The number of carbonyl (C=O) groups excluding carboxylic acids is 1. The number of aromatic nitrogens is 4. The first-order chi connectivity index (χ1) is 16.5. The Morgan fingerprint density at radius 3 is 2.76 bits per heavy atom. The lowest BCUT2D eigenvalue weighted by molar-refractivity contribution is -0.126. The first-order valence-electron chi connectivity index (χ1n) is 11.0. The molecule has 0 unspecified atom stereocenters. The quantitative estimate of drug-likeness (QED) is 0.434. The summed E-state index contributed by atoms with van der Waals surface area (Å²) in [5.74, 6) is 0.0315. The fraction of sp³-hybridized carbons (Fsp3) is 0.250. The molecule has 1 fully saturated rings. The number of hydrogen-bond donors (Lipinski definition) is 2. The van der Waals surface area contributed by atoms with Crippen LogP contribution in [0.5, 0.6) is 0 Å². The van der Waals surface area contributed by atoms with Crippen molar-refractivity contribution in [3.8, 4) is 11.1 Å². The van der Waals surface area contributed by atoms with Gasteiger partial charge in [0.15, 0.2) is 5.82 Å². The van der Waals surface area contributed by atoms with Crippen LogP contribution in [-0.4, -0.2) is 63.7 Å². The lowest BCUT2D eigenvalue weighted by Gasteiger charge is -2.35. The van der Waals surface area contributed by atoms with E-state index in [2.05, 4.69) is 20.2 Å². The van der Waals surface area contributed by atoms with Crippen LogP contribution in [0, 0.1) is 12.7 Å². The Hall–Kier alpha value is -3.56. The molecule has 1 aliphatic heterocycles. The number of nitrogens with two attached hydrogens (primary N) is 1. The van der Waals surface area contributed by atoms with Gasteiger partial charge in [-0.2, -0.15) is 5.10 Å². The van der Waals surface area contributed by atoms with E-state index in [-0.39, 0.29) is 16.4 Å². The van der Waals surface area contributed by atoms with E-state index in [1.807, 2.05) is 24.0 Å². The first kappa shape index (κ1) is 22.2. The number of benzene rings is 2. The number of aromatic amines is 1. The maximum Gasteiger partial charge on any atom is 0.246 e. The number of anilines is 1. The largest absolute Gasteiger partial charge is 0.352 e. The molecule has 174 valence electrons. The maximum atomic E-state index is 16.0. The van der Waals surface area contributed by atoms with Crippen molar-refractivity contribution in [3.05, 3.63) is 59.3 Å². The van der Waals surface area contributed by atoms with Gasteiger partial charge >= 0.3 is 0 Å². The minimum Gasteiger partial charge on any atom is -0.352 e. The number of H-pyrrole nitrogens is 1. The zero-order valence-electron chi connectivity index (χ0n) is 18.6. The number of halogens is 2. The van der Waals surface area contributed by atoms with Crippen LogP contribution in [-0.2, 0) is 4.79 Å². The number of nitrogens with zero attached hydrogens (tertiary/aromatic N) is 5. The smallest absolute Gasteiger partial charge is 0.246 e. The lowest BCUT2D eigenvalue weighted by atomic mass is 9.95. The zero-order chi connectivity index (χ0) is 23.8. The highest BCUT2D eigenvalue weighted by molar-refractivity contribution is 6.35. The molecule has 0 bridgehead atoms. The fourth-order valence-corrected chi connectivity index (χ4v) is 4.76. The van der Waals surface area contributed by atoms with Crippen molar-refractivity contribution in [2.45, 2.75) is 6.92 Å². The third kappa shape index (κ3) is 3.76. The second-order valence-electron chi connectivity index (χ2n) is 8.18. The number of carbonyl (C=O) groups is 1. The van der Waals surface area contributed by atoms with Gasteiger partial charge in [-0.15, -0.1) is 0 Å². The Kier molecular flexibility index (Phi) is 5.89. The van der Waals surface area contributed by atoms with Crippen LogP contribution < -0.4 is 10.6 Å². The van der Waals surface area contributed by atoms with E-state index in [0.29, 0.717) is 55.1 Å². The number of aryl methyl sites for hydroxylation is 1. The van der Waals surface area contributed by atoms with Crippen molar-refractivity contribution >= 4 is 45.1 Å². The molecule has 4 aromatic rings. The predicted octanol–water partition coefficient (Wildman–Crippen LogP) is 3.44. The molecule has 0 spiro atoms. The molecule has 1 amide bonds. The summed E-state index contributed by atoms with van der Waals surface area (Å²) in [6, 6.07) is 5.54. The van der Waals surface area contributed by atoms with Gasteiger partial charge in [0.25, 0.3) is 0 Å². The summed E-state index contributed by atoms with van der Waals surface area (Å²) in [5, 5.41) is 8.62. The van der Waals surface area contributed by atoms with Crippen LogP contribution in [0.1, 0.15) is 5.56 Å². The van der Waals surface area contributed by atoms with Crippen LogP contribution in [0.25, 0.3) is 32.9 Å². The average molecular weight is 480 g/mol. The van der Waals surface area contributed by atoms with Gasteiger partial charge in [0.1, 0.15) is 17.7 Å². The van der Waals surface area contributed by atoms with Gasteiger partial charge in [0.2, 0.25) is 5.91 Å². The molecular formula is C24H23ClFN7O. The van der Waals surface area contributed by atoms with E-state index in [1.165, 1.54) is 12.4 Å². The molecule has 34 heavy (non-hydrogen) atoms. The summed E-state index contributed by atoms with van der Waals surface area (Å²) in [6.45, 7) is 4.40. The van der Waals surface area contributed by atoms with Gasteiger partial charge in [-0.25, -0.2) is 14.4 Å². The Morgan fingerprint density at radius 1 is 1.21 bits per heavy atom. The molecule has 5 rings (SSSR count). The van der Waals surface area contributed by atoms with Crippen molar-refractivity contribution < 1.29 is 9.18 Å². The number of nitrogens with one attached hydrogen (secondary N) is 1. The molecule has 3 heterocycles. The Bertz CT molecular complexity index is 1430. The third-order valence-electron chi connectivity index (χ3n) is 6.17. The number of fused-ring (bicyclic) bond motifs is 2. The number of piperazine rings is 1. The van der Waals surface area contributed by atoms with Crippen LogP contribution in [0.4, 0.5) is 10.2 Å². The number of amides is 1. The second-order valence-corrected chi connectivity index (χ2v) is 8.59. The van der Waals surface area contributed by atoms with E-state index >= 15 is 4.39 Å². The molecule has 0 aliphatic carbocycles. The van der Waals surface area contributed by atoms with Crippen molar-refractivity contribution in [1.82, 2.24) is 25.1 Å². The van der Waals surface area contributed by atoms with Gasteiger partial charge in [-0.05, 0) is 24.6 Å². The minimum atomic E-state index is -0.497. The summed E-state index contributed by atoms with van der Waals surface area (Å²) >= 11 is 6.69. The molecule has 8 nitrogen and oxygen atoms in total. The molecule has 1 aliphatic rings. The Morgan fingerprint density at radius 2 is 2.00 bits per heavy atom. The van der Waals surface area contributed by atoms with E-state index in [9.17, 15) is 4.79 Å². The normalized spacial score (nSPS) is 14.6. The third-order valence-corrected chi connectivity index (χ3v) is 6.47. The highest BCUT2D eigenvalue weighted by Crippen LogP contribution is 2.41. The maximum absolute atomic E-state index is 16.0. The molecular weight excluding hydrogens is 457 g/mol. The molecule has 2 aromatic heterocycles. The predicted molar refractivity (Wildman–Crippen MR) is 131 cm³/mol. The molecule has 0 atom stereocenters. The highest BCUT2D eigenvalue weighted by Gasteiger charge is 2.25. The summed E-state index contributed by atoms with van der Waals surface area (Å²) in [5.41, 5.74) is 8.30. The van der Waals surface area contributed by atoms with Crippen molar-refractivity contribution in [1.29, 1.82) is 0 Å². The van der Waals surface area contributed by atoms with Gasteiger partial charge < -0.3 is 15.5 Å². The monoisotopic (exact) mass is 479 g/mol. The van der Waals surface area contributed by atoms with E-state index in [0.717, 1.165) is 16.5 Å². The van der Waals surface area contributed by atoms with Crippen molar-refractivity contribution in [3.63, 3.8) is 0 Å². The topological polar surface area (TPSA) is 104 Å². The SMILES string of the molecule is Cc1ccc2[nH]ncc2c1-c1c(Cl)cc2c(N3CCN(C(=O)/C=C/CN)CC3)ncnc2c1F. The fourth-order valence-electron chi connectivity index (χ4n) is 4.47. The van der Waals surface area contributed by atoms with Crippen LogP contribution in [0.15, 0.2) is 42.9 Å². The summed E-state index contributed by atoms with van der Waals surface area (Å²) < 4.78 is 16.0. The molecule has 3 N–H and O–H groups in total. The van der Waals surface area contributed by atoms with Gasteiger partial charge in [0.05, 0.1) is 16.7 Å². The molecule has 0 saturated carbocycles. The molecule has 2 aromatic carbocycles. The van der Waals surface area contributed by atoms with Crippen molar-refractivity contribution in [2.75, 3.05) is 37.6 Å². The molecule has 0 radical (unpaired) electrons. The van der Waals surface area contributed by atoms with E-state index in [4.69, 9.17) is 17.3 Å². The number of rotatable bonds is 4. The van der Waals surface area contributed by atoms with Crippen molar-refractivity contribution in [2.24, 2.45) is 5.73 Å². The van der Waals surface area contributed by atoms with Crippen LogP contribution in [0.2, 0.25) is 5.02 Å². The lowest BCUT2D eigenvalue weighted by Crippen LogP contribution is -2.48. The summed E-state index contributed by atoms with van der Waals surface area (Å²) in [6.07, 6.45) is 6.17. The van der Waals surface area contributed by atoms with Crippen LogP contribution >= 0.6 is 11.6 Å². The van der Waals surface area contributed by atoms with E-state index < -0.39 is 5.82 Å². The average Bonchev–Trinajstić information content (AvgIpc) is 3.32. The summed E-state index contributed by atoms with van der Waals surface area (Å²) in [7, 11) is 0. The molecule has 1 saturated heterocycles. The highest BCUT2D eigenvalue weighted by atomic mass is 35.5. The minimum absolute atomic E-state index is 0.0693. The Labute approximate surface area is 200 Å². The zero-order valence-corrected chi connectivity index (χ0v) is 19.3.